The van der Waals surface area contributed by atoms with Crippen molar-refractivity contribution in [2.75, 3.05) is 5.32 Å². The average Bonchev–Trinajstić information content (AvgIpc) is 2.41. The molecule has 2 aromatic rings. The maximum Gasteiger partial charge on any atom is 0.338 e. The summed E-state index contributed by atoms with van der Waals surface area (Å²) in [7, 11) is 0. The standard InChI is InChI=1S/C13H10BrN3O3/c1-7-9(4-5-10(14)16-7)17-12(18)11-8(13(19)20)3-2-6-15-11/h2-6H,1H3,(H,17,18)(H,19,20). The number of amides is 1. The van der Waals surface area contributed by atoms with E-state index in [9.17, 15) is 9.59 Å². The number of carboxylic acid groups (broad SMARTS) is 1. The van der Waals surface area contributed by atoms with E-state index in [0.717, 1.165) is 0 Å². The molecule has 7 heteroatoms. The van der Waals surface area contributed by atoms with Crippen molar-refractivity contribution in [3.63, 3.8) is 0 Å². The third kappa shape index (κ3) is 3.00. The maximum atomic E-state index is 12.1. The molecule has 0 atom stereocenters. The van der Waals surface area contributed by atoms with Crippen LogP contribution in [0.2, 0.25) is 0 Å². The number of nitrogens with one attached hydrogen (secondary N) is 1. The van der Waals surface area contributed by atoms with Crippen molar-refractivity contribution in [1.82, 2.24) is 9.97 Å². The van der Waals surface area contributed by atoms with E-state index < -0.39 is 11.9 Å². The molecule has 2 aromatic heterocycles. The van der Waals surface area contributed by atoms with E-state index in [0.29, 0.717) is 16.0 Å². The van der Waals surface area contributed by atoms with Gasteiger partial charge in [-0.2, -0.15) is 0 Å². The molecule has 6 nitrogen and oxygen atoms in total. The summed E-state index contributed by atoms with van der Waals surface area (Å²) in [5.74, 6) is -1.79. The molecule has 102 valence electrons. The molecule has 0 aliphatic carbocycles. The Morgan fingerprint density at radius 3 is 2.70 bits per heavy atom. The fraction of sp³-hybridized carbons (Fsp3) is 0.0769. The molecule has 2 N–H and O–H groups in total. The van der Waals surface area contributed by atoms with Gasteiger partial charge in [0, 0.05) is 6.20 Å². The van der Waals surface area contributed by atoms with Crippen LogP contribution in [0.15, 0.2) is 35.1 Å². The van der Waals surface area contributed by atoms with Gasteiger partial charge in [0.15, 0.2) is 0 Å². The summed E-state index contributed by atoms with van der Waals surface area (Å²) in [5.41, 5.74) is 0.829. The molecule has 0 aliphatic heterocycles. The minimum atomic E-state index is -1.20. The van der Waals surface area contributed by atoms with Crippen molar-refractivity contribution in [3.05, 3.63) is 52.0 Å². The van der Waals surface area contributed by atoms with E-state index in [-0.39, 0.29) is 11.3 Å². The molecule has 20 heavy (non-hydrogen) atoms. The number of anilines is 1. The summed E-state index contributed by atoms with van der Waals surface area (Å²) in [4.78, 5) is 31.1. The normalized spacial score (nSPS) is 10.1. The first-order chi connectivity index (χ1) is 9.49. The van der Waals surface area contributed by atoms with E-state index in [1.54, 1.807) is 19.1 Å². The number of hydrogen-bond acceptors (Lipinski definition) is 4. The Labute approximate surface area is 123 Å². The molecule has 0 aromatic carbocycles. The number of rotatable bonds is 3. The van der Waals surface area contributed by atoms with Gasteiger partial charge in [0.1, 0.15) is 10.3 Å². The number of carbonyl (C=O) groups is 2. The van der Waals surface area contributed by atoms with Crippen molar-refractivity contribution in [1.29, 1.82) is 0 Å². The lowest BCUT2D eigenvalue weighted by Crippen LogP contribution is -2.18. The van der Waals surface area contributed by atoms with Crippen LogP contribution in [0.25, 0.3) is 0 Å². The molecule has 2 rings (SSSR count). The van der Waals surface area contributed by atoms with Crippen molar-refractivity contribution in [2.45, 2.75) is 6.92 Å². The van der Waals surface area contributed by atoms with Crippen LogP contribution in [0.4, 0.5) is 5.69 Å². The molecular weight excluding hydrogens is 326 g/mol. The van der Waals surface area contributed by atoms with Gasteiger partial charge in [0.2, 0.25) is 0 Å². The van der Waals surface area contributed by atoms with Gasteiger partial charge >= 0.3 is 5.97 Å². The van der Waals surface area contributed by atoms with Crippen molar-refractivity contribution in [2.24, 2.45) is 0 Å². The Balaban J connectivity index is 2.31. The Kier molecular flexibility index (Phi) is 4.09. The fourth-order valence-electron chi connectivity index (χ4n) is 1.60. The van der Waals surface area contributed by atoms with Crippen molar-refractivity contribution in [3.8, 4) is 0 Å². The summed E-state index contributed by atoms with van der Waals surface area (Å²) in [6.07, 6.45) is 1.37. The maximum absolute atomic E-state index is 12.1. The highest BCUT2D eigenvalue weighted by molar-refractivity contribution is 9.10. The van der Waals surface area contributed by atoms with Crippen molar-refractivity contribution >= 4 is 33.5 Å². The summed E-state index contributed by atoms with van der Waals surface area (Å²) in [5, 5.41) is 11.6. The molecule has 0 saturated heterocycles. The first-order valence-electron chi connectivity index (χ1n) is 5.62. The number of aromatic carboxylic acids is 1. The summed E-state index contributed by atoms with van der Waals surface area (Å²) in [6, 6.07) is 6.15. The van der Waals surface area contributed by atoms with Crippen LogP contribution >= 0.6 is 15.9 Å². The number of aryl methyl sites for hydroxylation is 1. The number of nitrogens with zero attached hydrogens (tertiary/aromatic N) is 2. The third-order valence-corrected chi connectivity index (χ3v) is 2.99. The van der Waals surface area contributed by atoms with Crippen LogP contribution < -0.4 is 5.32 Å². The quantitative estimate of drug-likeness (QED) is 0.840. The number of pyridine rings is 2. The van der Waals surface area contributed by atoms with Gasteiger partial charge in [0.05, 0.1) is 16.9 Å². The smallest absolute Gasteiger partial charge is 0.338 e. The SMILES string of the molecule is Cc1nc(Br)ccc1NC(=O)c1ncccc1C(=O)O. The van der Waals surface area contributed by atoms with E-state index >= 15 is 0 Å². The molecule has 2 heterocycles. The van der Waals surface area contributed by atoms with Gasteiger partial charge in [-0.25, -0.2) is 9.78 Å². The Morgan fingerprint density at radius 1 is 1.30 bits per heavy atom. The Morgan fingerprint density at radius 2 is 2.05 bits per heavy atom. The minimum Gasteiger partial charge on any atom is -0.478 e. The number of halogens is 1. The number of carbonyl (C=O) groups excluding carboxylic acids is 1. The molecule has 0 unspecified atom stereocenters. The first-order valence-corrected chi connectivity index (χ1v) is 6.41. The zero-order valence-electron chi connectivity index (χ0n) is 10.4. The summed E-state index contributed by atoms with van der Waals surface area (Å²) in [6.45, 7) is 1.73. The second kappa shape index (κ2) is 5.79. The molecule has 0 fully saturated rings. The molecule has 0 radical (unpaired) electrons. The van der Waals surface area contributed by atoms with Crippen LogP contribution in [0.1, 0.15) is 26.5 Å². The van der Waals surface area contributed by atoms with Crippen LogP contribution in [0.5, 0.6) is 0 Å². The van der Waals surface area contributed by atoms with E-state index in [4.69, 9.17) is 5.11 Å². The summed E-state index contributed by atoms with van der Waals surface area (Å²) >= 11 is 3.22. The molecular formula is C13H10BrN3O3. The van der Waals surface area contributed by atoms with Crippen molar-refractivity contribution < 1.29 is 14.7 Å². The number of carboxylic acids is 1. The number of aromatic nitrogens is 2. The second-order valence-electron chi connectivity index (χ2n) is 3.93. The Hall–Kier alpha value is -2.28. The second-order valence-corrected chi connectivity index (χ2v) is 4.74. The van der Waals surface area contributed by atoms with Gasteiger partial charge in [-0.15, -0.1) is 0 Å². The van der Waals surface area contributed by atoms with Crippen LogP contribution in [-0.4, -0.2) is 27.0 Å². The number of hydrogen-bond donors (Lipinski definition) is 2. The molecule has 0 bridgehead atoms. The molecule has 1 amide bonds. The van der Waals surface area contributed by atoms with Crippen LogP contribution in [-0.2, 0) is 0 Å². The predicted octanol–water partition coefficient (Wildman–Crippen LogP) is 2.50. The van der Waals surface area contributed by atoms with Gasteiger partial charge < -0.3 is 10.4 Å². The summed E-state index contributed by atoms with van der Waals surface area (Å²) < 4.78 is 0.650. The first kappa shape index (κ1) is 14.1. The average molecular weight is 336 g/mol. The molecule has 0 aliphatic rings. The highest BCUT2D eigenvalue weighted by atomic mass is 79.9. The molecule has 0 spiro atoms. The Bertz CT molecular complexity index is 688. The lowest BCUT2D eigenvalue weighted by atomic mass is 10.2. The predicted molar refractivity (Wildman–Crippen MR) is 75.8 cm³/mol. The highest BCUT2D eigenvalue weighted by Gasteiger charge is 2.18. The van der Waals surface area contributed by atoms with Gasteiger partial charge in [0.25, 0.3) is 5.91 Å². The zero-order valence-corrected chi connectivity index (χ0v) is 12.0. The van der Waals surface area contributed by atoms with E-state index in [1.165, 1.54) is 18.3 Å². The van der Waals surface area contributed by atoms with E-state index in [2.05, 4.69) is 31.2 Å². The highest BCUT2D eigenvalue weighted by Crippen LogP contribution is 2.17. The lowest BCUT2D eigenvalue weighted by molar-refractivity contribution is 0.0691. The lowest BCUT2D eigenvalue weighted by Gasteiger charge is -2.08. The monoisotopic (exact) mass is 335 g/mol. The van der Waals surface area contributed by atoms with Crippen LogP contribution in [0, 0.1) is 6.92 Å². The van der Waals surface area contributed by atoms with Crippen LogP contribution in [0.3, 0.4) is 0 Å². The minimum absolute atomic E-state index is 0.137. The van der Waals surface area contributed by atoms with Gasteiger partial charge in [-0.3, -0.25) is 9.78 Å². The largest absolute Gasteiger partial charge is 0.478 e. The molecule has 0 saturated carbocycles. The fourth-order valence-corrected chi connectivity index (χ4v) is 2.00. The topological polar surface area (TPSA) is 92.2 Å². The van der Waals surface area contributed by atoms with Gasteiger partial charge in [-0.1, -0.05) is 0 Å². The van der Waals surface area contributed by atoms with Gasteiger partial charge in [-0.05, 0) is 47.1 Å². The van der Waals surface area contributed by atoms with E-state index in [1.807, 2.05) is 0 Å². The third-order valence-electron chi connectivity index (χ3n) is 2.55. The zero-order chi connectivity index (χ0) is 14.7.